The summed E-state index contributed by atoms with van der Waals surface area (Å²) in [7, 11) is 0. The molecule has 0 radical (unpaired) electrons. The van der Waals surface area contributed by atoms with E-state index in [9.17, 15) is 0 Å². The largest absolute Gasteiger partial charge is 0.374 e. The van der Waals surface area contributed by atoms with Crippen LogP contribution in [-0.4, -0.2) is 27.5 Å². The topological polar surface area (TPSA) is 61.0 Å². The molecular weight excluding hydrogens is 194 g/mol. The fourth-order valence-electron chi connectivity index (χ4n) is 1.01. The highest BCUT2D eigenvalue weighted by atomic mass is 32.2. The highest BCUT2D eigenvalue weighted by Crippen LogP contribution is 2.25. The minimum atomic E-state index is 0.0531. The molecule has 2 heterocycles. The number of ether oxygens (including phenoxy) is 1. The predicted octanol–water partition coefficient (Wildman–Crippen LogP) is 0.925. The van der Waals surface area contributed by atoms with Crippen molar-refractivity contribution in [3.05, 3.63) is 5.82 Å². The molecule has 12 heavy (non-hydrogen) atoms. The number of hydrogen-bond acceptors (Lipinski definition) is 6. The van der Waals surface area contributed by atoms with Crippen molar-refractivity contribution in [2.24, 2.45) is 0 Å². The van der Waals surface area contributed by atoms with E-state index in [1.165, 1.54) is 11.5 Å². The molecule has 0 amide bonds. The summed E-state index contributed by atoms with van der Waals surface area (Å²) in [5.41, 5.74) is 5.47. The first kappa shape index (κ1) is 8.28. The van der Waals surface area contributed by atoms with Crippen molar-refractivity contribution in [2.75, 3.05) is 23.8 Å². The van der Waals surface area contributed by atoms with Crippen LogP contribution in [0.5, 0.6) is 0 Å². The van der Waals surface area contributed by atoms with Gasteiger partial charge in [0.1, 0.15) is 6.10 Å². The second kappa shape index (κ2) is 3.59. The SMILES string of the molecule is Nc1nc(C2CSCCO2)ns1. The highest BCUT2D eigenvalue weighted by Gasteiger charge is 2.20. The lowest BCUT2D eigenvalue weighted by Crippen LogP contribution is -2.16. The Labute approximate surface area is 78.7 Å². The van der Waals surface area contributed by atoms with Crippen LogP contribution in [0.15, 0.2) is 0 Å². The zero-order valence-corrected chi connectivity index (χ0v) is 8.03. The van der Waals surface area contributed by atoms with Crippen molar-refractivity contribution in [3.63, 3.8) is 0 Å². The third kappa shape index (κ3) is 1.70. The lowest BCUT2D eigenvalue weighted by molar-refractivity contribution is 0.0704. The molecule has 1 unspecified atom stereocenters. The molecule has 1 atom stereocenters. The van der Waals surface area contributed by atoms with Crippen LogP contribution < -0.4 is 5.73 Å². The number of nitrogens with two attached hydrogens (primary N) is 1. The number of rotatable bonds is 1. The van der Waals surface area contributed by atoms with Gasteiger partial charge in [-0.3, -0.25) is 0 Å². The Kier molecular flexibility index (Phi) is 2.48. The van der Waals surface area contributed by atoms with Crippen molar-refractivity contribution >= 4 is 28.4 Å². The molecule has 2 N–H and O–H groups in total. The van der Waals surface area contributed by atoms with Crippen molar-refractivity contribution in [3.8, 4) is 0 Å². The van der Waals surface area contributed by atoms with Crippen molar-refractivity contribution in [1.82, 2.24) is 9.36 Å². The van der Waals surface area contributed by atoms with Gasteiger partial charge < -0.3 is 10.5 Å². The van der Waals surface area contributed by atoms with Crippen LogP contribution in [0.2, 0.25) is 0 Å². The number of nitrogens with zero attached hydrogens (tertiary/aromatic N) is 2. The number of aromatic nitrogens is 2. The zero-order chi connectivity index (χ0) is 8.39. The molecule has 1 aliphatic rings. The number of thioether (sulfide) groups is 1. The summed E-state index contributed by atoms with van der Waals surface area (Å²) >= 11 is 3.09. The molecule has 0 spiro atoms. The number of hydrogen-bond donors (Lipinski definition) is 1. The van der Waals surface area contributed by atoms with Crippen molar-refractivity contribution in [2.45, 2.75) is 6.10 Å². The monoisotopic (exact) mass is 203 g/mol. The summed E-state index contributed by atoms with van der Waals surface area (Å²) in [5.74, 6) is 2.75. The summed E-state index contributed by atoms with van der Waals surface area (Å²) in [5, 5.41) is 0.518. The highest BCUT2D eigenvalue weighted by molar-refractivity contribution is 7.99. The molecule has 66 valence electrons. The van der Waals surface area contributed by atoms with Gasteiger partial charge in [-0.25, -0.2) is 4.98 Å². The molecule has 0 aliphatic carbocycles. The van der Waals surface area contributed by atoms with Gasteiger partial charge in [-0.1, -0.05) is 0 Å². The standard InChI is InChI=1S/C6H9N3OS2/c7-6-8-5(9-12-6)4-3-11-2-1-10-4/h4H,1-3H2,(H2,7,8,9). The first-order valence-electron chi connectivity index (χ1n) is 3.64. The van der Waals surface area contributed by atoms with Crippen molar-refractivity contribution < 1.29 is 4.74 Å². The first-order valence-corrected chi connectivity index (χ1v) is 5.57. The summed E-state index contributed by atoms with van der Waals surface area (Å²) in [6, 6.07) is 0. The second-order valence-electron chi connectivity index (χ2n) is 2.43. The molecule has 0 aromatic carbocycles. The molecule has 0 bridgehead atoms. The maximum absolute atomic E-state index is 5.48. The zero-order valence-electron chi connectivity index (χ0n) is 6.40. The summed E-state index contributed by atoms with van der Waals surface area (Å²) in [6.07, 6.45) is 0.0531. The van der Waals surface area contributed by atoms with E-state index in [-0.39, 0.29) is 6.10 Å². The van der Waals surface area contributed by atoms with Crippen LogP contribution in [0.3, 0.4) is 0 Å². The molecule has 2 rings (SSSR count). The van der Waals surface area contributed by atoms with Crippen LogP contribution in [-0.2, 0) is 4.74 Å². The van der Waals surface area contributed by atoms with Gasteiger partial charge in [0.15, 0.2) is 11.0 Å². The third-order valence-electron chi connectivity index (χ3n) is 1.56. The summed E-state index contributed by atoms with van der Waals surface area (Å²) in [6.45, 7) is 0.786. The number of anilines is 1. The quantitative estimate of drug-likeness (QED) is 0.735. The van der Waals surface area contributed by atoms with Gasteiger partial charge in [0.05, 0.1) is 6.61 Å². The molecule has 1 saturated heterocycles. The Bertz CT molecular complexity index is 259. The summed E-state index contributed by atoms with van der Waals surface area (Å²) in [4.78, 5) is 4.08. The Morgan fingerprint density at radius 3 is 3.08 bits per heavy atom. The van der Waals surface area contributed by atoms with Gasteiger partial charge in [-0.2, -0.15) is 16.1 Å². The Morgan fingerprint density at radius 2 is 2.50 bits per heavy atom. The van der Waals surface area contributed by atoms with Crippen LogP contribution in [0.1, 0.15) is 11.9 Å². The average Bonchev–Trinajstić information content (AvgIpc) is 2.54. The van der Waals surface area contributed by atoms with E-state index in [0.717, 1.165) is 23.9 Å². The van der Waals surface area contributed by atoms with E-state index in [4.69, 9.17) is 10.5 Å². The predicted molar refractivity (Wildman–Crippen MR) is 50.3 cm³/mol. The molecule has 6 heteroatoms. The van der Waals surface area contributed by atoms with E-state index in [1.54, 1.807) is 0 Å². The van der Waals surface area contributed by atoms with Gasteiger partial charge >= 0.3 is 0 Å². The van der Waals surface area contributed by atoms with E-state index in [1.807, 2.05) is 11.8 Å². The molecule has 4 nitrogen and oxygen atoms in total. The lowest BCUT2D eigenvalue weighted by atomic mass is 10.4. The van der Waals surface area contributed by atoms with Gasteiger partial charge in [-0.05, 0) is 0 Å². The Morgan fingerprint density at radius 1 is 1.58 bits per heavy atom. The lowest BCUT2D eigenvalue weighted by Gasteiger charge is -2.19. The Balaban J connectivity index is 2.08. The average molecular weight is 203 g/mol. The number of nitrogen functional groups attached to an aromatic ring is 1. The maximum Gasteiger partial charge on any atom is 0.200 e. The third-order valence-corrected chi connectivity index (χ3v) is 3.11. The van der Waals surface area contributed by atoms with E-state index >= 15 is 0 Å². The van der Waals surface area contributed by atoms with Gasteiger partial charge in [0, 0.05) is 23.0 Å². The van der Waals surface area contributed by atoms with Crippen LogP contribution >= 0.6 is 23.3 Å². The van der Waals surface area contributed by atoms with Crippen LogP contribution in [0.25, 0.3) is 0 Å². The molecule has 1 fully saturated rings. The Hall–Kier alpha value is -0.330. The smallest absolute Gasteiger partial charge is 0.200 e. The summed E-state index contributed by atoms with van der Waals surface area (Å²) < 4.78 is 9.59. The fourth-order valence-corrected chi connectivity index (χ4v) is 2.33. The van der Waals surface area contributed by atoms with Crippen molar-refractivity contribution in [1.29, 1.82) is 0 Å². The van der Waals surface area contributed by atoms with Gasteiger partial charge in [0.25, 0.3) is 0 Å². The second-order valence-corrected chi connectivity index (χ2v) is 4.36. The van der Waals surface area contributed by atoms with E-state index in [0.29, 0.717) is 5.13 Å². The van der Waals surface area contributed by atoms with E-state index < -0.39 is 0 Å². The fraction of sp³-hybridized carbons (Fsp3) is 0.667. The molecule has 1 aromatic rings. The minimum Gasteiger partial charge on any atom is -0.374 e. The van der Waals surface area contributed by atoms with Crippen LogP contribution in [0, 0.1) is 0 Å². The first-order chi connectivity index (χ1) is 5.86. The van der Waals surface area contributed by atoms with E-state index in [2.05, 4.69) is 9.36 Å². The normalized spacial score (nSPS) is 24.2. The molecule has 1 aromatic heterocycles. The van der Waals surface area contributed by atoms with Gasteiger partial charge in [-0.15, -0.1) is 0 Å². The van der Waals surface area contributed by atoms with Crippen LogP contribution in [0.4, 0.5) is 5.13 Å². The maximum atomic E-state index is 5.48. The van der Waals surface area contributed by atoms with Gasteiger partial charge in [0.2, 0.25) is 0 Å². The molecular formula is C6H9N3OS2. The molecule has 0 saturated carbocycles. The minimum absolute atomic E-state index is 0.0531. The molecule has 1 aliphatic heterocycles.